The lowest BCUT2D eigenvalue weighted by Crippen LogP contribution is -2.21. The van der Waals surface area contributed by atoms with Gasteiger partial charge in [0.1, 0.15) is 23.4 Å². The van der Waals surface area contributed by atoms with Crippen molar-refractivity contribution >= 4 is 22.3 Å². The van der Waals surface area contributed by atoms with E-state index < -0.39 is 4.92 Å². The molecule has 0 bridgehead atoms. The second-order valence-corrected chi connectivity index (χ2v) is 6.36. The van der Waals surface area contributed by atoms with E-state index in [4.69, 9.17) is 9.26 Å². The van der Waals surface area contributed by atoms with E-state index >= 15 is 0 Å². The summed E-state index contributed by atoms with van der Waals surface area (Å²) >= 11 is 0. The summed E-state index contributed by atoms with van der Waals surface area (Å²) in [4.78, 5) is 15.1. The molecular formula is C18H20N4O5. The molecule has 0 aliphatic rings. The molecule has 0 fully saturated rings. The lowest BCUT2D eigenvalue weighted by Gasteiger charge is -2.16. The molecule has 9 heteroatoms. The molecule has 0 spiro atoms. The van der Waals surface area contributed by atoms with E-state index in [-0.39, 0.29) is 23.2 Å². The molecule has 0 aliphatic carbocycles. The number of ether oxygens (including phenoxy) is 1. The number of fused-ring (bicyclic) bond motifs is 1. The third kappa shape index (κ3) is 3.41. The summed E-state index contributed by atoms with van der Waals surface area (Å²) in [5.41, 5.74) is 2.44. The molecule has 0 saturated carbocycles. The van der Waals surface area contributed by atoms with Crippen molar-refractivity contribution in [2.75, 3.05) is 19.0 Å². The lowest BCUT2D eigenvalue weighted by atomic mass is 10.00. The van der Waals surface area contributed by atoms with Crippen molar-refractivity contribution in [2.24, 2.45) is 0 Å². The van der Waals surface area contributed by atoms with Crippen LogP contribution >= 0.6 is 0 Å². The molecule has 0 radical (unpaired) electrons. The van der Waals surface area contributed by atoms with Crippen LogP contribution in [0.4, 0.5) is 11.4 Å². The topological polar surface area (TPSA) is 124 Å². The van der Waals surface area contributed by atoms with Crippen molar-refractivity contribution in [3.63, 3.8) is 0 Å². The van der Waals surface area contributed by atoms with Crippen molar-refractivity contribution in [3.8, 4) is 16.9 Å². The monoisotopic (exact) mass is 372 g/mol. The highest BCUT2D eigenvalue weighted by Gasteiger charge is 2.23. The smallest absolute Gasteiger partial charge is 0.311 e. The van der Waals surface area contributed by atoms with Gasteiger partial charge in [0.25, 0.3) is 0 Å². The second kappa shape index (κ2) is 7.20. The predicted octanol–water partition coefficient (Wildman–Crippen LogP) is 3.57. The Morgan fingerprint density at radius 1 is 1.41 bits per heavy atom. The Kier molecular flexibility index (Phi) is 4.95. The van der Waals surface area contributed by atoms with Crippen LogP contribution in [0.15, 0.2) is 22.9 Å². The Bertz CT molecular complexity index is 995. The van der Waals surface area contributed by atoms with Gasteiger partial charge in [-0.1, -0.05) is 5.16 Å². The van der Waals surface area contributed by atoms with Crippen LogP contribution in [-0.2, 0) is 4.74 Å². The Hall–Kier alpha value is -3.20. The van der Waals surface area contributed by atoms with E-state index in [0.29, 0.717) is 40.1 Å². The fourth-order valence-corrected chi connectivity index (χ4v) is 3.11. The number of anilines is 1. The molecule has 9 nitrogen and oxygen atoms in total. The third-order valence-electron chi connectivity index (χ3n) is 4.27. The van der Waals surface area contributed by atoms with Crippen molar-refractivity contribution in [1.29, 1.82) is 0 Å². The first-order valence-corrected chi connectivity index (χ1v) is 8.32. The van der Waals surface area contributed by atoms with Crippen LogP contribution < -0.4 is 5.32 Å². The zero-order valence-electron chi connectivity index (χ0n) is 15.4. The first-order chi connectivity index (χ1) is 12.8. The third-order valence-corrected chi connectivity index (χ3v) is 4.27. The fourth-order valence-electron chi connectivity index (χ4n) is 3.11. The molecule has 0 unspecified atom stereocenters. The summed E-state index contributed by atoms with van der Waals surface area (Å²) in [7, 11) is 1.55. The number of nitrogens with one attached hydrogen (secondary N) is 1. The standard InChI is InChI=1S/C18H20N4O5/c1-9(8-26-4)20-18-12-6-16(23)13(17-10(2)21-27-11(17)3)5-14(12)19-7-15(18)22(24)25/h5-7,9,23H,8H2,1-4H3,(H,19,20)/t9-/m1/s1. The number of benzene rings is 1. The van der Waals surface area contributed by atoms with Gasteiger partial charge in [0, 0.05) is 24.1 Å². The van der Waals surface area contributed by atoms with E-state index in [2.05, 4.69) is 15.5 Å². The molecule has 1 atom stereocenters. The number of nitro groups is 1. The number of nitrogens with zero attached hydrogens (tertiary/aromatic N) is 3. The van der Waals surface area contributed by atoms with Crippen LogP contribution in [0, 0.1) is 24.0 Å². The Morgan fingerprint density at radius 2 is 2.15 bits per heavy atom. The maximum absolute atomic E-state index is 11.4. The van der Waals surface area contributed by atoms with Crippen molar-refractivity contribution in [1.82, 2.24) is 10.1 Å². The second-order valence-electron chi connectivity index (χ2n) is 6.36. The van der Waals surface area contributed by atoms with E-state index in [1.165, 1.54) is 12.3 Å². The molecule has 3 rings (SSSR count). The minimum atomic E-state index is -0.506. The maximum Gasteiger partial charge on any atom is 0.311 e. The SMILES string of the molecule is COC[C@@H](C)Nc1c([N+](=O)[O-])cnc2cc(-c3c(C)noc3C)c(O)cc12. The average Bonchev–Trinajstić information content (AvgIpc) is 2.93. The summed E-state index contributed by atoms with van der Waals surface area (Å²) in [6.07, 6.45) is 1.21. The van der Waals surface area contributed by atoms with Gasteiger partial charge in [-0.3, -0.25) is 10.1 Å². The minimum absolute atomic E-state index is 0.0401. The summed E-state index contributed by atoms with van der Waals surface area (Å²) in [6, 6.07) is 2.97. The Balaban J connectivity index is 2.22. The van der Waals surface area contributed by atoms with Crippen LogP contribution in [0.3, 0.4) is 0 Å². The molecule has 1 aromatic carbocycles. The van der Waals surface area contributed by atoms with Gasteiger partial charge in [0.15, 0.2) is 0 Å². The first-order valence-electron chi connectivity index (χ1n) is 8.32. The number of aromatic nitrogens is 2. The van der Waals surface area contributed by atoms with Gasteiger partial charge in [-0.25, -0.2) is 4.98 Å². The average molecular weight is 372 g/mol. The summed E-state index contributed by atoms with van der Waals surface area (Å²) in [5.74, 6) is 0.526. The van der Waals surface area contributed by atoms with Crippen molar-refractivity contribution in [3.05, 3.63) is 39.9 Å². The van der Waals surface area contributed by atoms with Crippen molar-refractivity contribution in [2.45, 2.75) is 26.8 Å². The van der Waals surface area contributed by atoms with E-state index in [1.807, 2.05) is 6.92 Å². The van der Waals surface area contributed by atoms with Gasteiger partial charge >= 0.3 is 5.69 Å². The van der Waals surface area contributed by atoms with Crippen LogP contribution in [-0.4, -0.2) is 39.9 Å². The molecular weight excluding hydrogens is 352 g/mol. The highest BCUT2D eigenvalue weighted by Crippen LogP contribution is 2.40. The molecule has 2 heterocycles. The predicted molar refractivity (Wildman–Crippen MR) is 100.0 cm³/mol. The number of aromatic hydroxyl groups is 1. The minimum Gasteiger partial charge on any atom is -0.507 e. The summed E-state index contributed by atoms with van der Waals surface area (Å²) in [5, 5.41) is 29.5. The van der Waals surface area contributed by atoms with Gasteiger partial charge in [-0.05, 0) is 32.9 Å². The molecule has 2 N–H and O–H groups in total. The Labute approximate surface area is 155 Å². The van der Waals surface area contributed by atoms with Crippen LogP contribution in [0.1, 0.15) is 18.4 Å². The summed E-state index contributed by atoms with van der Waals surface area (Å²) < 4.78 is 10.3. The molecule has 0 amide bonds. The molecule has 2 aromatic heterocycles. The van der Waals surface area contributed by atoms with Gasteiger partial charge < -0.3 is 19.7 Å². The molecule has 0 saturated heterocycles. The van der Waals surface area contributed by atoms with Gasteiger partial charge in [-0.2, -0.15) is 0 Å². The Morgan fingerprint density at radius 3 is 2.74 bits per heavy atom. The van der Waals surface area contributed by atoms with E-state index in [9.17, 15) is 15.2 Å². The summed E-state index contributed by atoms with van der Waals surface area (Å²) in [6.45, 7) is 5.74. The lowest BCUT2D eigenvalue weighted by molar-refractivity contribution is -0.384. The van der Waals surface area contributed by atoms with Crippen molar-refractivity contribution < 1.29 is 19.3 Å². The number of methoxy groups -OCH3 is 1. The normalized spacial score (nSPS) is 12.3. The van der Waals surface area contributed by atoms with Crippen LogP contribution in [0.2, 0.25) is 0 Å². The molecule has 0 aliphatic heterocycles. The number of hydrogen-bond acceptors (Lipinski definition) is 8. The highest BCUT2D eigenvalue weighted by atomic mass is 16.6. The van der Waals surface area contributed by atoms with Crippen LogP contribution in [0.5, 0.6) is 5.75 Å². The van der Waals surface area contributed by atoms with Gasteiger partial charge in [0.2, 0.25) is 0 Å². The fraction of sp³-hybridized carbons (Fsp3) is 0.333. The van der Waals surface area contributed by atoms with Gasteiger partial charge in [0.05, 0.1) is 28.3 Å². The van der Waals surface area contributed by atoms with E-state index in [1.54, 1.807) is 27.0 Å². The van der Waals surface area contributed by atoms with Gasteiger partial charge in [-0.15, -0.1) is 0 Å². The maximum atomic E-state index is 11.4. The molecule has 27 heavy (non-hydrogen) atoms. The highest BCUT2D eigenvalue weighted by molar-refractivity contribution is 5.99. The van der Waals surface area contributed by atoms with E-state index in [0.717, 1.165) is 0 Å². The number of hydrogen-bond donors (Lipinski definition) is 2. The number of rotatable bonds is 6. The zero-order chi connectivity index (χ0) is 19.7. The largest absolute Gasteiger partial charge is 0.507 e. The number of phenolic OH excluding ortho intramolecular Hbond substituents is 1. The number of pyridine rings is 1. The molecule has 142 valence electrons. The first kappa shape index (κ1) is 18.6. The van der Waals surface area contributed by atoms with Crippen LogP contribution in [0.25, 0.3) is 22.0 Å². The number of phenols is 1. The quantitative estimate of drug-likeness (QED) is 0.497. The number of aryl methyl sites for hydroxylation is 2. The zero-order valence-corrected chi connectivity index (χ0v) is 15.4. The molecule has 3 aromatic rings.